The van der Waals surface area contributed by atoms with Gasteiger partial charge in [0.15, 0.2) is 0 Å². The number of nitrogens with zero attached hydrogens (tertiary/aromatic N) is 7. The summed E-state index contributed by atoms with van der Waals surface area (Å²) < 4.78 is 111. The summed E-state index contributed by atoms with van der Waals surface area (Å²) in [5.74, 6) is -1.26. The number of alkyl carbamates (subject to hydrolysis) is 1. The first-order valence-corrected chi connectivity index (χ1v) is 12.9. The van der Waals surface area contributed by atoms with Gasteiger partial charge in [-0.25, -0.2) is 14.6 Å². The third-order valence-corrected chi connectivity index (χ3v) is 7.84. The van der Waals surface area contributed by atoms with Crippen LogP contribution in [-0.2, 0) is 25.2 Å². The number of fused-ring (bicyclic) bond motifs is 4. The maximum Gasteiger partial charge on any atom is 0.407 e. The zero-order valence-corrected chi connectivity index (χ0v) is 22.0. The zero-order chi connectivity index (χ0) is 38.6. The van der Waals surface area contributed by atoms with E-state index in [0.29, 0.717) is 33.0 Å². The highest BCUT2D eigenvalue weighted by molar-refractivity contribution is 6.14. The topological polar surface area (TPSA) is 130 Å². The van der Waals surface area contributed by atoms with Gasteiger partial charge in [-0.15, -0.1) is 5.10 Å². The number of benzene rings is 1. The predicted octanol–water partition coefficient (Wildman–Crippen LogP) is 4.24. The fourth-order valence-corrected chi connectivity index (χ4v) is 5.99. The van der Waals surface area contributed by atoms with E-state index in [1.165, 1.54) is 36.2 Å². The van der Waals surface area contributed by atoms with Crippen LogP contribution in [0.15, 0.2) is 41.6 Å². The number of aryl methyl sites for hydroxylation is 3. The van der Waals surface area contributed by atoms with Crippen LogP contribution in [0.25, 0.3) is 55.4 Å². The third-order valence-electron chi connectivity index (χ3n) is 7.84. The Labute approximate surface area is 254 Å². The maximum absolute atomic E-state index is 15.9. The number of aromatic nitrogens is 8. The van der Waals surface area contributed by atoms with Gasteiger partial charge in [-0.1, -0.05) is 6.07 Å². The lowest BCUT2D eigenvalue weighted by Crippen LogP contribution is -2.33. The van der Waals surface area contributed by atoms with Crippen LogP contribution in [0.3, 0.4) is 0 Å². The first kappa shape index (κ1) is 16.5. The summed E-state index contributed by atoms with van der Waals surface area (Å²) in [4.78, 5) is 33.6. The van der Waals surface area contributed by atoms with Gasteiger partial charge >= 0.3 is 11.8 Å². The average Bonchev–Trinajstić information content (AvgIpc) is 3.87. The summed E-state index contributed by atoms with van der Waals surface area (Å²) in [6.45, 7) is -12.0. The van der Waals surface area contributed by atoms with E-state index in [1.807, 2.05) is 0 Å². The molecule has 1 amide bonds. The van der Waals surface area contributed by atoms with E-state index in [2.05, 4.69) is 25.5 Å². The standard InChI is InChI=1S/C29H30FN9O3/c1-5-38-14-19(26(30)35-38)24-22(15-6-9-20-16(10-15)12-32-37(20)3)23-25-21(13-31-27(23)34-24)36(2)29(41)39(25)18-8-7-17(11-18)33-28(40)42-4/h6,9-10,12-14,17-18H,5,7-8,11H2,1-4H3,(H,31,34)(H,33,40)/t17-,18-/m1/s1/i1D3,2D3,3D3,5D2. The number of H-pyrrole nitrogens is 1. The minimum absolute atomic E-state index is 0.0467. The molecule has 42 heavy (non-hydrogen) atoms. The Hall–Kier alpha value is -4.94. The van der Waals surface area contributed by atoms with Crippen molar-refractivity contribution >= 4 is 39.1 Å². The van der Waals surface area contributed by atoms with Crippen molar-refractivity contribution in [2.24, 2.45) is 14.0 Å². The van der Waals surface area contributed by atoms with Crippen LogP contribution in [0.5, 0.6) is 0 Å². The Morgan fingerprint density at radius 1 is 1.29 bits per heavy atom. The Morgan fingerprint density at radius 3 is 3.00 bits per heavy atom. The number of halogens is 1. The van der Waals surface area contributed by atoms with Gasteiger partial charge in [0.25, 0.3) is 0 Å². The number of nitrogens with one attached hydrogen (secondary N) is 2. The molecule has 0 aliphatic heterocycles. The molecule has 6 aromatic rings. The quantitative estimate of drug-likeness (QED) is 0.313. The van der Waals surface area contributed by atoms with Gasteiger partial charge in [0, 0.05) is 62.0 Å². The van der Waals surface area contributed by atoms with E-state index in [1.54, 1.807) is 6.07 Å². The smallest absolute Gasteiger partial charge is 0.407 e. The molecule has 0 unspecified atom stereocenters. The van der Waals surface area contributed by atoms with Crippen molar-refractivity contribution in [1.29, 1.82) is 0 Å². The number of hydrogen-bond acceptors (Lipinski definition) is 6. The fourth-order valence-electron chi connectivity index (χ4n) is 5.99. The van der Waals surface area contributed by atoms with Crippen LogP contribution in [-0.4, -0.2) is 57.9 Å². The second-order valence-electron chi connectivity index (χ2n) is 10.1. The summed E-state index contributed by atoms with van der Waals surface area (Å²) in [5.41, 5.74) is -0.657. The lowest BCUT2D eigenvalue weighted by molar-refractivity contribution is 0.166. The Balaban J connectivity index is 1.57. The van der Waals surface area contributed by atoms with Crippen LogP contribution in [0, 0.1) is 5.95 Å². The van der Waals surface area contributed by atoms with Crippen molar-refractivity contribution in [3.63, 3.8) is 0 Å². The van der Waals surface area contributed by atoms with Crippen LogP contribution >= 0.6 is 0 Å². The molecule has 2 atom stereocenters. The SMILES string of the molecule is [2H]C([2H])([2H])n1ncc2cc(-c3c(-c4cn(C([2H])([2H])C([2H])([2H])[2H])nc4F)[nH]c4ncc5c(c34)n([C@@H]3CC[C@@H](NC(=O)OC)C3)c(=O)n5C([2H])([2H])[2H])ccc21. The number of ether oxygens (including phenoxy) is 1. The molecule has 0 radical (unpaired) electrons. The monoisotopic (exact) mass is 582 g/mol. The number of amides is 1. The molecule has 216 valence electrons. The van der Waals surface area contributed by atoms with Gasteiger partial charge < -0.3 is 15.0 Å². The maximum atomic E-state index is 15.9. The molecule has 2 N–H and O–H groups in total. The summed E-state index contributed by atoms with van der Waals surface area (Å²) in [6, 6.07) is 3.46. The number of hydrogen-bond donors (Lipinski definition) is 2. The summed E-state index contributed by atoms with van der Waals surface area (Å²) in [7, 11) is 1.21. The lowest BCUT2D eigenvalue weighted by atomic mass is 9.98. The number of methoxy groups -OCH3 is 1. The second kappa shape index (κ2) is 9.57. The normalized spacial score (nSPS) is 22.3. The lowest BCUT2D eigenvalue weighted by Gasteiger charge is -2.15. The summed E-state index contributed by atoms with van der Waals surface area (Å²) >= 11 is 0. The molecular formula is C29H30FN9O3. The molecule has 0 spiro atoms. The van der Waals surface area contributed by atoms with E-state index < -0.39 is 57.1 Å². The van der Waals surface area contributed by atoms with Crippen molar-refractivity contribution < 1.29 is 29.0 Å². The first-order chi connectivity index (χ1) is 24.6. The minimum atomic E-state index is -3.25. The number of imidazole rings is 1. The second-order valence-corrected chi connectivity index (χ2v) is 10.1. The highest BCUT2D eigenvalue weighted by Crippen LogP contribution is 2.43. The molecule has 0 bridgehead atoms. The number of carbonyl (C=O) groups excluding carboxylic acids is 1. The van der Waals surface area contributed by atoms with Crippen LogP contribution in [0.4, 0.5) is 9.18 Å². The molecule has 12 nitrogen and oxygen atoms in total. The van der Waals surface area contributed by atoms with Gasteiger partial charge in [-0.05, 0) is 43.8 Å². The molecule has 1 saturated carbocycles. The van der Waals surface area contributed by atoms with Crippen molar-refractivity contribution in [2.75, 3.05) is 7.11 Å². The minimum Gasteiger partial charge on any atom is -0.453 e. The first-order valence-electron chi connectivity index (χ1n) is 18.4. The number of pyridine rings is 1. The van der Waals surface area contributed by atoms with Gasteiger partial charge in [0.1, 0.15) is 5.65 Å². The molecule has 1 aromatic carbocycles. The highest BCUT2D eigenvalue weighted by Gasteiger charge is 2.32. The van der Waals surface area contributed by atoms with Crippen LogP contribution < -0.4 is 11.0 Å². The van der Waals surface area contributed by atoms with Crippen LogP contribution in [0.1, 0.15) is 47.2 Å². The van der Waals surface area contributed by atoms with Gasteiger partial charge in [0.05, 0.1) is 55.4 Å². The molecule has 13 heteroatoms. The number of aromatic amines is 1. The zero-order valence-electron chi connectivity index (χ0n) is 33.0. The number of rotatable bonds is 5. The average molecular weight is 583 g/mol. The largest absolute Gasteiger partial charge is 0.453 e. The molecule has 1 aliphatic rings. The molecule has 1 aliphatic carbocycles. The summed E-state index contributed by atoms with van der Waals surface area (Å²) in [6.07, 6.45) is 3.67. The Kier molecular flexibility index (Phi) is 3.76. The Bertz CT molecular complexity index is 2490. The van der Waals surface area contributed by atoms with Crippen molar-refractivity contribution in [1.82, 2.24) is 44.0 Å². The van der Waals surface area contributed by atoms with Crippen molar-refractivity contribution in [2.45, 2.75) is 44.7 Å². The van der Waals surface area contributed by atoms with Gasteiger partial charge in [0.2, 0.25) is 5.95 Å². The molecule has 0 saturated heterocycles. The predicted molar refractivity (Wildman–Crippen MR) is 156 cm³/mol. The van der Waals surface area contributed by atoms with E-state index in [0.717, 1.165) is 10.9 Å². The molecular weight excluding hydrogens is 541 g/mol. The van der Waals surface area contributed by atoms with Crippen molar-refractivity contribution in [3.8, 4) is 22.4 Å². The van der Waals surface area contributed by atoms with E-state index in [4.69, 9.17) is 19.8 Å². The summed E-state index contributed by atoms with van der Waals surface area (Å²) in [5, 5.41) is 10.8. The van der Waals surface area contributed by atoms with E-state index >= 15 is 4.39 Å². The number of carbonyl (C=O) groups is 1. The molecule has 1 fully saturated rings. The third kappa shape index (κ3) is 3.83. The van der Waals surface area contributed by atoms with Crippen molar-refractivity contribution in [3.05, 3.63) is 53.2 Å². The van der Waals surface area contributed by atoms with E-state index in [9.17, 15) is 9.59 Å². The molecule has 5 aromatic heterocycles. The van der Waals surface area contributed by atoms with E-state index in [-0.39, 0.29) is 50.8 Å². The van der Waals surface area contributed by atoms with Crippen LogP contribution in [0.2, 0.25) is 0 Å². The molecule has 7 rings (SSSR count). The van der Waals surface area contributed by atoms with Gasteiger partial charge in [-0.3, -0.25) is 18.5 Å². The van der Waals surface area contributed by atoms with Gasteiger partial charge in [-0.2, -0.15) is 9.49 Å². The fraction of sp³-hybridized carbons (Fsp3) is 0.345. The molecule has 5 heterocycles. The highest BCUT2D eigenvalue weighted by atomic mass is 19.1. The Morgan fingerprint density at radius 2 is 2.19 bits per heavy atom.